The van der Waals surface area contributed by atoms with Crippen molar-refractivity contribution in [2.75, 3.05) is 0 Å². The summed E-state index contributed by atoms with van der Waals surface area (Å²) in [5, 5.41) is 1.09. The highest BCUT2D eigenvalue weighted by Crippen LogP contribution is 2.26. The van der Waals surface area contributed by atoms with Crippen LogP contribution in [-0.4, -0.2) is 14.5 Å². The average molecular weight is 252 g/mol. The van der Waals surface area contributed by atoms with E-state index in [1.807, 2.05) is 49.0 Å². The van der Waals surface area contributed by atoms with Crippen LogP contribution in [-0.2, 0) is 7.05 Å². The Labute approximate surface area is 111 Å². The van der Waals surface area contributed by atoms with E-state index in [0.717, 1.165) is 28.0 Å². The SMILES string of the molecule is Cc1cc(C(N)c2nccn2C)c2ccccc2n1. The highest BCUT2D eigenvalue weighted by molar-refractivity contribution is 5.83. The number of aryl methyl sites for hydroxylation is 2. The quantitative estimate of drug-likeness (QED) is 0.761. The molecule has 19 heavy (non-hydrogen) atoms. The second kappa shape index (κ2) is 4.48. The normalized spacial score (nSPS) is 12.8. The van der Waals surface area contributed by atoms with Crippen LogP contribution in [0.2, 0.25) is 0 Å². The third-order valence-corrected chi connectivity index (χ3v) is 3.35. The Balaban J connectivity index is 2.22. The number of nitrogens with two attached hydrogens (primary N) is 1. The first-order chi connectivity index (χ1) is 9.16. The van der Waals surface area contributed by atoms with E-state index in [1.165, 1.54) is 0 Å². The molecule has 0 aliphatic rings. The van der Waals surface area contributed by atoms with Gasteiger partial charge in [-0.15, -0.1) is 0 Å². The molecule has 3 aromatic rings. The largest absolute Gasteiger partial charge is 0.336 e. The average Bonchev–Trinajstić information content (AvgIpc) is 2.83. The molecule has 1 aromatic carbocycles. The minimum absolute atomic E-state index is 0.244. The van der Waals surface area contributed by atoms with Crippen LogP contribution in [0, 0.1) is 6.92 Å². The maximum absolute atomic E-state index is 6.39. The number of nitrogens with zero attached hydrogens (tertiary/aromatic N) is 3. The van der Waals surface area contributed by atoms with Crippen molar-refractivity contribution in [2.45, 2.75) is 13.0 Å². The third kappa shape index (κ3) is 2.00. The maximum Gasteiger partial charge on any atom is 0.129 e. The summed E-state index contributed by atoms with van der Waals surface area (Å²) in [6.07, 6.45) is 3.68. The Kier molecular flexibility index (Phi) is 2.80. The van der Waals surface area contributed by atoms with Crippen LogP contribution >= 0.6 is 0 Å². The summed E-state index contributed by atoms with van der Waals surface area (Å²) in [5.41, 5.74) is 9.40. The van der Waals surface area contributed by atoms with E-state index in [2.05, 4.69) is 16.0 Å². The number of imidazole rings is 1. The van der Waals surface area contributed by atoms with E-state index in [0.29, 0.717) is 0 Å². The number of aromatic nitrogens is 3. The number of rotatable bonds is 2. The zero-order valence-electron chi connectivity index (χ0n) is 11.0. The topological polar surface area (TPSA) is 56.7 Å². The first kappa shape index (κ1) is 11.9. The molecule has 0 saturated heterocycles. The van der Waals surface area contributed by atoms with Gasteiger partial charge in [0.15, 0.2) is 0 Å². The molecule has 96 valence electrons. The number of para-hydroxylation sites is 1. The minimum atomic E-state index is -0.244. The predicted octanol–water partition coefficient (Wildman–Crippen LogP) is 2.32. The first-order valence-electron chi connectivity index (χ1n) is 6.26. The fraction of sp³-hybridized carbons (Fsp3) is 0.200. The summed E-state index contributed by atoms with van der Waals surface area (Å²) in [4.78, 5) is 8.89. The Morgan fingerprint density at radius 3 is 2.79 bits per heavy atom. The van der Waals surface area contributed by atoms with Gasteiger partial charge >= 0.3 is 0 Å². The summed E-state index contributed by atoms with van der Waals surface area (Å²) in [7, 11) is 1.96. The van der Waals surface area contributed by atoms with Crippen molar-refractivity contribution in [3.8, 4) is 0 Å². The van der Waals surface area contributed by atoms with Crippen molar-refractivity contribution in [1.29, 1.82) is 0 Å². The summed E-state index contributed by atoms with van der Waals surface area (Å²) >= 11 is 0. The zero-order valence-corrected chi connectivity index (χ0v) is 11.0. The second-order valence-electron chi connectivity index (χ2n) is 4.74. The zero-order chi connectivity index (χ0) is 13.4. The monoisotopic (exact) mass is 252 g/mol. The standard InChI is InChI=1S/C15H16N4/c1-10-9-12(11-5-3-4-6-13(11)18-10)14(16)15-17-7-8-19(15)2/h3-9,14H,16H2,1-2H3. The van der Waals surface area contributed by atoms with Crippen molar-refractivity contribution in [2.24, 2.45) is 12.8 Å². The van der Waals surface area contributed by atoms with Crippen LogP contribution < -0.4 is 5.73 Å². The number of benzene rings is 1. The van der Waals surface area contributed by atoms with Gasteiger partial charge in [0.05, 0.1) is 11.6 Å². The molecule has 3 rings (SSSR count). The van der Waals surface area contributed by atoms with Crippen molar-refractivity contribution in [1.82, 2.24) is 14.5 Å². The van der Waals surface area contributed by atoms with Crippen molar-refractivity contribution in [3.63, 3.8) is 0 Å². The third-order valence-electron chi connectivity index (χ3n) is 3.35. The van der Waals surface area contributed by atoms with Gasteiger partial charge < -0.3 is 10.3 Å². The van der Waals surface area contributed by atoms with Gasteiger partial charge in [-0.25, -0.2) is 4.98 Å². The van der Waals surface area contributed by atoms with Crippen LogP contribution in [0.25, 0.3) is 10.9 Å². The molecule has 0 aliphatic heterocycles. The van der Waals surface area contributed by atoms with Gasteiger partial charge in [0, 0.05) is 30.5 Å². The Morgan fingerprint density at radius 2 is 2.05 bits per heavy atom. The summed E-state index contributed by atoms with van der Waals surface area (Å²) < 4.78 is 1.95. The van der Waals surface area contributed by atoms with Crippen molar-refractivity contribution >= 4 is 10.9 Å². The molecule has 1 unspecified atom stereocenters. The van der Waals surface area contributed by atoms with Gasteiger partial charge in [-0.3, -0.25) is 4.98 Å². The van der Waals surface area contributed by atoms with E-state index < -0.39 is 0 Å². The van der Waals surface area contributed by atoms with Crippen LogP contribution in [0.5, 0.6) is 0 Å². The lowest BCUT2D eigenvalue weighted by Crippen LogP contribution is -2.17. The number of fused-ring (bicyclic) bond motifs is 1. The van der Waals surface area contributed by atoms with Gasteiger partial charge in [0.25, 0.3) is 0 Å². The molecule has 0 fully saturated rings. The number of hydrogen-bond acceptors (Lipinski definition) is 3. The fourth-order valence-corrected chi connectivity index (χ4v) is 2.41. The summed E-state index contributed by atoms with van der Waals surface area (Å²) in [6.45, 7) is 1.99. The molecule has 1 atom stereocenters. The summed E-state index contributed by atoms with van der Waals surface area (Å²) in [6, 6.07) is 9.86. The van der Waals surface area contributed by atoms with E-state index in [-0.39, 0.29) is 6.04 Å². The molecule has 2 aromatic heterocycles. The van der Waals surface area contributed by atoms with Gasteiger partial charge in [-0.1, -0.05) is 18.2 Å². The van der Waals surface area contributed by atoms with E-state index in [9.17, 15) is 0 Å². The lowest BCUT2D eigenvalue weighted by molar-refractivity contribution is 0.719. The smallest absolute Gasteiger partial charge is 0.129 e. The molecule has 0 spiro atoms. The number of hydrogen-bond donors (Lipinski definition) is 1. The summed E-state index contributed by atoms with van der Waals surface area (Å²) in [5.74, 6) is 0.857. The molecule has 0 bridgehead atoms. The molecule has 4 heteroatoms. The molecular formula is C15H16N4. The van der Waals surface area contributed by atoms with Gasteiger partial charge in [0.1, 0.15) is 5.82 Å². The highest BCUT2D eigenvalue weighted by atomic mass is 15.1. The first-order valence-corrected chi connectivity index (χ1v) is 6.26. The lowest BCUT2D eigenvalue weighted by Gasteiger charge is -2.15. The molecule has 2 heterocycles. The van der Waals surface area contributed by atoms with Gasteiger partial charge in [-0.05, 0) is 24.6 Å². The van der Waals surface area contributed by atoms with E-state index in [4.69, 9.17) is 5.73 Å². The van der Waals surface area contributed by atoms with Gasteiger partial charge in [-0.2, -0.15) is 0 Å². The molecule has 0 saturated carbocycles. The van der Waals surface area contributed by atoms with Gasteiger partial charge in [0.2, 0.25) is 0 Å². The molecule has 0 aliphatic carbocycles. The Morgan fingerprint density at radius 1 is 1.26 bits per heavy atom. The van der Waals surface area contributed by atoms with Crippen molar-refractivity contribution < 1.29 is 0 Å². The fourth-order valence-electron chi connectivity index (χ4n) is 2.41. The molecule has 4 nitrogen and oxygen atoms in total. The molecule has 0 amide bonds. The maximum atomic E-state index is 6.39. The molecular weight excluding hydrogens is 236 g/mol. The highest BCUT2D eigenvalue weighted by Gasteiger charge is 2.16. The lowest BCUT2D eigenvalue weighted by atomic mass is 10.0. The molecule has 0 radical (unpaired) electrons. The van der Waals surface area contributed by atoms with E-state index in [1.54, 1.807) is 6.20 Å². The van der Waals surface area contributed by atoms with Crippen molar-refractivity contribution in [3.05, 3.63) is 59.8 Å². The Bertz CT molecular complexity index is 730. The predicted molar refractivity (Wildman–Crippen MR) is 75.7 cm³/mol. The van der Waals surface area contributed by atoms with Crippen LogP contribution in [0.1, 0.15) is 23.1 Å². The second-order valence-corrected chi connectivity index (χ2v) is 4.74. The van der Waals surface area contributed by atoms with E-state index >= 15 is 0 Å². The van der Waals surface area contributed by atoms with Crippen LogP contribution in [0.4, 0.5) is 0 Å². The van der Waals surface area contributed by atoms with Crippen LogP contribution in [0.3, 0.4) is 0 Å². The number of pyridine rings is 1. The minimum Gasteiger partial charge on any atom is -0.336 e. The molecule has 2 N–H and O–H groups in total. The van der Waals surface area contributed by atoms with Crippen LogP contribution in [0.15, 0.2) is 42.7 Å². The Hall–Kier alpha value is -2.20.